The van der Waals surface area contributed by atoms with Crippen LogP contribution in [0.1, 0.15) is 98.2 Å². The lowest BCUT2D eigenvalue weighted by Crippen LogP contribution is -2.52. The fourth-order valence-corrected chi connectivity index (χ4v) is 6.91. The van der Waals surface area contributed by atoms with Crippen molar-refractivity contribution in [3.8, 4) is 0 Å². The van der Waals surface area contributed by atoms with Crippen LogP contribution >= 0.6 is 11.3 Å². The summed E-state index contributed by atoms with van der Waals surface area (Å²) in [5, 5.41) is 14.0. The molecule has 0 radical (unpaired) electrons. The Hall–Kier alpha value is -1.61. The molecule has 226 valence electrons. The summed E-state index contributed by atoms with van der Waals surface area (Å²) in [5.41, 5.74) is 0.788. The Morgan fingerprint density at radius 1 is 1.23 bits per heavy atom. The molecule has 1 aromatic heterocycles. The van der Waals surface area contributed by atoms with Gasteiger partial charge < -0.3 is 14.3 Å². The van der Waals surface area contributed by atoms with Crippen LogP contribution in [0, 0.1) is 24.2 Å². The average molecular weight is 592 g/mol. The van der Waals surface area contributed by atoms with Crippen molar-refractivity contribution in [1.82, 2.24) is 4.98 Å². The van der Waals surface area contributed by atoms with Crippen LogP contribution in [0.25, 0.3) is 6.08 Å². The van der Waals surface area contributed by atoms with Gasteiger partial charge in [-0.05, 0) is 68.8 Å². The second-order valence-corrected chi connectivity index (χ2v) is 19.5. The minimum atomic E-state index is -2.36. The van der Waals surface area contributed by atoms with E-state index in [-0.39, 0.29) is 29.1 Å². The molecule has 0 saturated carbocycles. The lowest BCUT2D eigenvalue weighted by molar-refractivity contribution is -0.153. The van der Waals surface area contributed by atoms with E-state index in [1.54, 1.807) is 18.3 Å². The number of esters is 1. The highest BCUT2D eigenvalue weighted by molar-refractivity contribution is 7.09. The summed E-state index contributed by atoms with van der Waals surface area (Å²) in [4.78, 5) is 32.1. The number of thiazole rings is 1. The monoisotopic (exact) mass is 591 g/mol. The van der Waals surface area contributed by atoms with E-state index in [0.29, 0.717) is 6.42 Å². The SMILES string of the molecule is C/C(=C\c1csc(C)n1)[C@@H]1C/C=C\CCC[C@@H](C)[C@@H](O)[C@H](C)C(=O)C(C)(C)[C@@H](O[Si](C)(C)C(C)(C)C)CC(=O)O1. The van der Waals surface area contributed by atoms with Crippen molar-refractivity contribution in [2.45, 2.75) is 131 Å². The minimum absolute atomic E-state index is 0.0136. The van der Waals surface area contributed by atoms with Gasteiger partial charge in [-0.2, -0.15) is 0 Å². The van der Waals surface area contributed by atoms with E-state index in [1.807, 2.05) is 46.1 Å². The van der Waals surface area contributed by atoms with Gasteiger partial charge in [-0.15, -0.1) is 11.3 Å². The fourth-order valence-electron chi connectivity index (χ4n) is 4.89. The number of aromatic nitrogens is 1. The Kier molecular flexibility index (Phi) is 12.1. The molecule has 1 aliphatic heterocycles. The van der Waals surface area contributed by atoms with Crippen LogP contribution in [0.4, 0.5) is 0 Å². The van der Waals surface area contributed by atoms with Crippen molar-refractivity contribution in [1.29, 1.82) is 0 Å². The molecule has 0 bridgehead atoms. The molecular formula is C32H53NO5SSi. The standard InChI is InChI=1S/C32H53NO5SSi/c1-21-16-14-12-13-15-17-26(22(2)18-25-20-39-24(4)33-25)37-28(34)19-27(38-40(10,11)31(5,6)7)32(8,9)30(36)23(3)29(21)35/h13,15,18,20-21,23,26-27,29,35H,12,14,16-17,19H2,1-11H3/b15-13-,22-18+/t21-,23+,26+,27+,29-/m1/s1. The second kappa shape index (κ2) is 14.0. The number of allylic oxidation sites excluding steroid dienone is 1. The number of rotatable bonds is 4. The Labute approximate surface area is 247 Å². The highest BCUT2D eigenvalue weighted by Crippen LogP contribution is 2.42. The Morgan fingerprint density at radius 3 is 2.45 bits per heavy atom. The number of hydrogen-bond acceptors (Lipinski definition) is 7. The average Bonchev–Trinajstić information content (AvgIpc) is 3.25. The molecule has 40 heavy (non-hydrogen) atoms. The molecule has 0 aromatic carbocycles. The maximum atomic E-state index is 13.9. The molecule has 1 aromatic rings. The van der Waals surface area contributed by atoms with Crippen LogP contribution in [0.3, 0.4) is 0 Å². The van der Waals surface area contributed by atoms with Crippen LogP contribution in [0.15, 0.2) is 23.1 Å². The zero-order chi connectivity index (χ0) is 30.5. The third-order valence-electron chi connectivity index (χ3n) is 8.88. The number of ketones is 1. The number of aryl methyl sites for hydroxylation is 1. The number of aliphatic hydroxyl groups excluding tert-OH is 1. The van der Waals surface area contributed by atoms with Crippen molar-refractivity contribution >= 4 is 37.5 Å². The van der Waals surface area contributed by atoms with Gasteiger partial charge in [0.2, 0.25) is 0 Å². The summed E-state index contributed by atoms with van der Waals surface area (Å²) in [7, 11) is -2.36. The fraction of sp³-hybridized carbons (Fsp3) is 0.719. The maximum absolute atomic E-state index is 13.9. The summed E-state index contributed by atoms with van der Waals surface area (Å²) in [6.07, 6.45) is 7.43. The molecule has 0 spiro atoms. The minimum Gasteiger partial charge on any atom is -0.457 e. The lowest BCUT2D eigenvalue weighted by atomic mass is 9.73. The van der Waals surface area contributed by atoms with E-state index in [2.05, 4.69) is 51.0 Å². The van der Waals surface area contributed by atoms with Gasteiger partial charge in [-0.25, -0.2) is 4.98 Å². The van der Waals surface area contributed by atoms with Crippen molar-refractivity contribution in [3.05, 3.63) is 33.8 Å². The van der Waals surface area contributed by atoms with Crippen LogP contribution in [-0.2, 0) is 18.8 Å². The Bertz CT molecular complexity index is 1070. The molecule has 6 nitrogen and oxygen atoms in total. The number of Topliss-reactive ketones (excluding diaryl/α,β-unsaturated/α-hetero) is 1. The quantitative estimate of drug-likeness (QED) is 0.218. The van der Waals surface area contributed by atoms with Crippen LogP contribution < -0.4 is 0 Å². The normalized spacial score (nSPS) is 29.2. The summed E-state index contributed by atoms with van der Waals surface area (Å²) >= 11 is 1.59. The van der Waals surface area contributed by atoms with E-state index in [1.165, 1.54) is 0 Å². The number of hydrogen-bond donors (Lipinski definition) is 1. The number of nitrogens with zero attached hydrogens (tertiary/aromatic N) is 1. The van der Waals surface area contributed by atoms with Crippen molar-refractivity contribution in [2.24, 2.45) is 17.3 Å². The zero-order valence-corrected chi connectivity index (χ0v) is 28.5. The number of cyclic esters (lactones) is 1. The highest BCUT2D eigenvalue weighted by atomic mass is 32.1. The zero-order valence-electron chi connectivity index (χ0n) is 26.7. The first-order valence-corrected chi connectivity index (χ1v) is 18.5. The Morgan fingerprint density at radius 2 is 1.88 bits per heavy atom. The molecule has 5 atom stereocenters. The smallest absolute Gasteiger partial charge is 0.309 e. The molecule has 1 N–H and O–H groups in total. The topological polar surface area (TPSA) is 85.7 Å². The van der Waals surface area contributed by atoms with Crippen molar-refractivity contribution in [3.63, 3.8) is 0 Å². The van der Waals surface area contributed by atoms with Gasteiger partial charge in [0.15, 0.2) is 8.32 Å². The number of carbonyl (C=O) groups is 2. The molecule has 2 rings (SSSR count). The molecule has 0 saturated heterocycles. The summed E-state index contributed by atoms with van der Waals surface area (Å²) in [6.45, 7) is 22.2. The van der Waals surface area contributed by atoms with Gasteiger partial charge in [0.1, 0.15) is 11.9 Å². The number of carbonyl (C=O) groups excluding carboxylic acids is 2. The molecule has 8 heteroatoms. The van der Waals surface area contributed by atoms with Crippen LogP contribution in [-0.4, -0.2) is 48.5 Å². The highest BCUT2D eigenvalue weighted by Gasteiger charge is 2.48. The van der Waals surface area contributed by atoms with E-state index in [4.69, 9.17) is 9.16 Å². The molecule has 2 heterocycles. The van der Waals surface area contributed by atoms with Crippen molar-refractivity contribution < 1.29 is 23.9 Å². The van der Waals surface area contributed by atoms with Gasteiger partial charge in [0.05, 0.1) is 29.3 Å². The predicted octanol–water partition coefficient (Wildman–Crippen LogP) is 7.91. The molecule has 0 aliphatic carbocycles. The lowest BCUT2D eigenvalue weighted by Gasteiger charge is -2.44. The van der Waals surface area contributed by atoms with Crippen LogP contribution in [0.5, 0.6) is 0 Å². The third kappa shape index (κ3) is 9.20. The van der Waals surface area contributed by atoms with Crippen LogP contribution in [0.2, 0.25) is 18.1 Å². The summed E-state index contributed by atoms with van der Waals surface area (Å²) < 4.78 is 12.9. The summed E-state index contributed by atoms with van der Waals surface area (Å²) in [6, 6.07) is 0. The molecule has 0 unspecified atom stereocenters. The first-order chi connectivity index (χ1) is 18.4. The Balaban J connectivity index is 2.49. The maximum Gasteiger partial charge on any atom is 0.309 e. The first kappa shape index (κ1) is 34.6. The largest absolute Gasteiger partial charge is 0.457 e. The first-order valence-electron chi connectivity index (χ1n) is 14.7. The van der Waals surface area contributed by atoms with E-state index in [9.17, 15) is 14.7 Å². The molecule has 0 amide bonds. The van der Waals surface area contributed by atoms with E-state index < -0.39 is 38.0 Å². The van der Waals surface area contributed by atoms with E-state index in [0.717, 1.165) is 35.5 Å². The third-order valence-corrected chi connectivity index (χ3v) is 14.2. The molecule has 0 fully saturated rings. The van der Waals surface area contributed by atoms with Gasteiger partial charge in [-0.1, -0.05) is 60.6 Å². The molecular weight excluding hydrogens is 539 g/mol. The van der Waals surface area contributed by atoms with Gasteiger partial charge in [0, 0.05) is 23.1 Å². The second-order valence-electron chi connectivity index (χ2n) is 13.7. The van der Waals surface area contributed by atoms with Crippen molar-refractivity contribution in [2.75, 3.05) is 0 Å². The molecule has 1 aliphatic rings. The van der Waals surface area contributed by atoms with Gasteiger partial charge in [-0.3, -0.25) is 9.59 Å². The predicted molar refractivity (Wildman–Crippen MR) is 168 cm³/mol. The summed E-state index contributed by atoms with van der Waals surface area (Å²) in [5.74, 6) is -1.06. The number of ether oxygens (including phenoxy) is 1. The van der Waals surface area contributed by atoms with Gasteiger partial charge in [0.25, 0.3) is 0 Å². The van der Waals surface area contributed by atoms with Gasteiger partial charge >= 0.3 is 5.97 Å². The number of aliphatic hydroxyl groups is 1. The van der Waals surface area contributed by atoms with E-state index >= 15 is 0 Å².